The maximum atomic E-state index is 12.1. The molecule has 29 heavy (non-hydrogen) atoms. The van der Waals surface area contributed by atoms with Crippen molar-refractivity contribution in [2.24, 2.45) is 5.73 Å². The lowest BCUT2D eigenvalue weighted by atomic mass is 10.1. The summed E-state index contributed by atoms with van der Waals surface area (Å²) in [4.78, 5) is 47.0. The Morgan fingerprint density at radius 2 is 1.55 bits per heavy atom. The highest BCUT2D eigenvalue weighted by atomic mass is 32.1. The van der Waals surface area contributed by atoms with E-state index >= 15 is 0 Å². The number of aromatic hydroxyl groups is 1. The molecule has 1 rings (SSSR count). The summed E-state index contributed by atoms with van der Waals surface area (Å²) >= 11 is 7.81. The summed E-state index contributed by atoms with van der Waals surface area (Å²) in [5.74, 6) is -3.33. The molecule has 3 atom stereocenters. The van der Waals surface area contributed by atoms with Gasteiger partial charge in [-0.15, -0.1) is 0 Å². The first-order chi connectivity index (χ1) is 13.7. The number of benzene rings is 1. The molecule has 0 aliphatic rings. The molecule has 3 amide bonds. The van der Waals surface area contributed by atoms with E-state index in [4.69, 9.17) is 10.8 Å². The number of amides is 3. The average Bonchev–Trinajstić information content (AvgIpc) is 2.69. The van der Waals surface area contributed by atoms with E-state index < -0.39 is 48.4 Å². The van der Waals surface area contributed by atoms with Crippen LogP contribution in [0.2, 0.25) is 0 Å². The largest absolute Gasteiger partial charge is 0.508 e. The molecule has 0 aliphatic heterocycles. The van der Waals surface area contributed by atoms with Crippen LogP contribution in [-0.2, 0) is 25.6 Å². The van der Waals surface area contributed by atoms with Gasteiger partial charge in [0, 0.05) is 11.5 Å². The van der Waals surface area contributed by atoms with Gasteiger partial charge in [-0.25, -0.2) is 4.79 Å². The van der Waals surface area contributed by atoms with Crippen LogP contribution in [0.4, 0.5) is 0 Å². The number of rotatable bonds is 11. The summed E-state index contributed by atoms with van der Waals surface area (Å²) in [5, 5.41) is 25.1. The number of nitrogens with two attached hydrogens (primary N) is 1. The topological polar surface area (TPSA) is 171 Å². The van der Waals surface area contributed by atoms with Crippen molar-refractivity contribution in [3.63, 3.8) is 0 Å². The van der Waals surface area contributed by atoms with Crippen molar-refractivity contribution in [2.45, 2.75) is 24.5 Å². The summed E-state index contributed by atoms with van der Waals surface area (Å²) < 4.78 is 0. The van der Waals surface area contributed by atoms with Gasteiger partial charge in [0.1, 0.15) is 17.8 Å². The number of phenols is 1. The minimum absolute atomic E-state index is 0.0786. The smallest absolute Gasteiger partial charge is 0.327 e. The van der Waals surface area contributed by atoms with Crippen molar-refractivity contribution in [3.05, 3.63) is 29.8 Å². The Morgan fingerprint density at radius 3 is 2.07 bits per heavy atom. The highest BCUT2D eigenvalue weighted by molar-refractivity contribution is 7.80. The van der Waals surface area contributed by atoms with Crippen LogP contribution in [0.5, 0.6) is 5.75 Å². The lowest BCUT2D eigenvalue weighted by molar-refractivity contribution is -0.141. The fourth-order valence-corrected chi connectivity index (χ4v) is 2.68. The van der Waals surface area contributed by atoms with E-state index in [1.165, 1.54) is 12.1 Å². The quantitative estimate of drug-likeness (QED) is 0.188. The van der Waals surface area contributed by atoms with Crippen LogP contribution < -0.4 is 21.7 Å². The number of carboxylic acid groups (broad SMARTS) is 1. The second-order valence-corrected chi connectivity index (χ2v) is 6.81. The van der Waals surface area contributed by atoms with Crippen molar-refractivity contribution in [3.8, 4) is 5.75 Å². The Labute approximate surface area is 178 Å². The van der Waals surface area contributed by atoms with Crippen LogP contribution >= 0.6 is 25.3 Å². The molecule has 0 aliphatic carbocycles. The standard InChI is InChI=1S/C17H24N4O6S2/c18-11(5-9-1-3-10(22)4-2-9)15(24)19-6-14(23)20-12(7-28)16(25)21-13(8-29)17(26)27/h1-4,11-13,22,28-29H,5-8,18H2,(H,19,24)(H,20,23)(H,21,25)(H,26,27). The molecule has 1 aromatic carbocycles. The monoisotopic (exact) mass is 444 g/mol. The van der Waals surface area contributed by atoms with E-state index in [0.29, 0.717) is 0 Å². The van der Waals surface area contributed by atoms with Gasteiger partial charge in [-0.2, -0.15) is 25.3 Å². The number of nitrogens with one attached hydrogen (secondary N) is 3. The van der Waals surface area contributed by atoms with Gasteiger partial charge in [0.2, 0.25) is 17.7 Å². The van der Waals surface area contributed by atoms with E-state index in [2.05, 4.69) is 41.2 Å². The molecule has 0 saturated heterocycles. The van der Waals surface area contributed by atoms with Crippen LogP contribution in [0.15, 0.2) is 24.3 Å². The number of hydrogen-bond donors (Lipinski definition) is 8. The molecule has 7 N–H and O–H groups in total. The lowest BCUT2D eigenvalue weighted by Gasteiger charge is -2.19. The summed E-state index contributed by atoms with van der Waals surface area (Å²) in [6.07, 6.45) is 0.204. The molecule has 0 aromatic heterocycles. The molecule has 3 unspecified atom stereocenters. The first-order valence-corrected chi connectivity index (χ1v) is 9.79. The third-order valence-electron chi connectivity index (χ3n) is 3.78. The predicted molar refractivity (Wildman–Crippen MR) is 112 cm³/mol. The summed E-state index contributed by atoms with van der Waals surface area (Å²) in [7, 11) is 0. The Kier molecular flexibility index (Phi) is 10.3. The number of carboxylic acids is 1. The highest BCUT2D eigenvalue weighted by Crippen LogP contribution is 2.10. The SMILES string of the molecule is NC(Cc1ccc(O)cc1)C(=O)NCC(=O)NC(CS)C(=O)NC(CS)C(=O)O. The molecular formula is C17H24N4O6S2. The first-order valence-electron chi connectivity index (χ1n) is 8.53. The number of aliphatic carboxylic acids is 1. The van der Waals surface area contributed by atoms with E-state index in [9.17, 15) is 24.3 Å². The number of carbonyl (C=O) groups excluding carboxylic acids is 3. The number of phenolic OH excluding ortho intramolecular Hbond substituents is 1. The minimum Gasteiger partial charge on any atom is -0.508 e. The fraction of sp³-hybridized carbons (Fsp3) is 0.412. The summed E-state index contributed by atoms with van der Waals surface area (Å²) in [5.41, 5.74) is 6.54. The third kappa shape index (κ3) is 8.62. The Hall–Kier alpha value is -2.44. The maximum Gasteiger partial charge on any atom is 0.327 e. The van der Waals surface area contributed by atoms with Crippen molar-refractivity contribution in [1.82, 2.24) is 16.0 Å². The molecular weight excluding hydrogens is 420 g/mol. The Bertz CT molecular complexity index is 731. The molecule has 1 aromatic rings. The van der Waals surface area contributed by atoms with E-state index in [1.54, 1.807) is 12.1 Å². The van der Waals surface area contributed by atoms with E-state index in [1.807, 2.05) is 0 Å². The second-order valence-electron chi connectivity index (χ2n) is 6.08. The molecule has 160 valence electrons. The first kappa shape index (κ1) is 24.6. The van der Waals surface area contributed by atoms with Crippen LogP contribution in [0.25, 0.3) is 0 Å². The number of thiol groups is 2. The Morgan fingerprint density at radius 1 is 0.966 bits per heavy atom. The fourth-order valence-electron chi connectivity index (χ4n) is 2.17. The van der Waals surface area contributed by atoms with Crippen molar-refractivity contribution in [1.29, 1.82) is 0 Å². The molecule has 12 heteroatoms. The van der Waals surface area contributed by atoms with Crippen molar-refractivity contribution in [2.75, 3.05) is 18.1 Å². The minimum atomic E-state index is -1.26. The van der Waals surface area contributed by atoms with Crippen molar-refractivity contribution >= 4 is 48.9 Å². The van der Waals surface area contributed by atoms with Crippen LogP contribution in [0.1, 0.15) is 5.56 Å². The van der Waals surface area contributed by atoms with Gasteiger partial charge in [0.25, 0.3) is 0 Å². The molecule has 0 bridgehead atoms. The van der Waals surface area contributed by atoms with Gasteiger partial charge >= 0.3 is 5.97 Å². The van der Waals surface area contributed by atoms with Gasteiger partial charge in [-0.3, -0.25) is 14.4 Å². The van der Waals surface area contributed by atoms with Crippen LogP contribution in [0.3, 0.4) is 0 Å². The summed E-state index contributed by atoms with van der Waals surface area (Å²) in [6, 6.07) is 2.98. The number of carbonyl (C=O) groups is 4. The zero-order valence-corrected chi connectivity index (χ0v) is 17.2. The second kappa shape index (κ2) is 12.2. The van der Waals surface area contributed by atoms with Gasteiger partial charge in [-0.1, -0.05) is 12.1 Å². The predicted octanol–water partition coefficient (Wildman–Crippen LogP) is -1.71. The Balaban J connectivity index is 2.48. The third-order valence-corrected chi connectivity index (χ3v) is 4.51. The van der Waals surface area contributed by atoms with Gasteiger partial charge in [0.15, 0.2) is 0 Å². The zero-order valence-electron chi connectivity index (χ0n) is 15.4. The molecule has 10 nitrogen and oxygen atoms in total. The van der Waals surface area contributed by atoms with Crippen LogP contribution in [-0.4, -0.2) is 70.1 Å². The molecule has 0 heterocycles. The van der Waals surface area contributed by atoms with E-state index in [0.717, 1.165) is 5.56 Å². The molecule has 0 radical (unpaired) electrons. The van der Waals surface area contributed by atoms with Gasteiger partial charge < -0.3 is 31.9 Å². The van der Waals surface area contributed by atoms with Gasteiger partial charge in [-0.05, 0) is 24.1 Å². The zero-order chi connectivity index (χ0) is 22.0. The summed E-state index contributed by atoms with van der Waals surface area (Å²) in [6.45, 7) is -0.422. The average molecular weight is 445 g/mol. The van der Waals surface area contributed by atoms with E-state index in [-0.39, 0.29) is 23.7 Å². The lowest BCUT2D eigenvalue weighted by Crippen LogP contribution is -2.55. The molecule has 0 spiro atoms. The van der Waals surface area contributed by atoms with Crippen molar-refractivity contribution < 1.29 is 29.4 Å². The molecule has 0 saturated carbocycles. The molecule has 0 fully saturated rings. The van der Waals surface area contributed by atoms with Crippen LogP contribution in [0, 0.1) is 0 Å². The normalized spacial score (nSPS) is 13.6. The maximum absolute atomic E-state index is 12.1. The highest BCUT2D eigenvalue weighted by Gasteiger charge is 2.25. The van der Waals surface area contributed by atoms with Gasteiger partial charge in [0.05, 0.1) is 12.6 Å². The number of hydrogen-bond acceptors (Lipinski definition) is 8.